The summed E-state index contributed by atoms with van der Waals surface area (Å²) in [7, 11) is 0. The van der Waals surface area contributed by atoms with Gasteiger partial charge in [0, 0.05) is 34.6 Å². The fourth-order valence-electron chi connectivity index (χ4n) is 14.9. The highest BCUT2D eigenvalue weighted by molar-refractivity contribution is 5.75. The maximum Gasteiger partial charge on any atom is 0.217 e. The second-order valence-electron chi connectivity index (χ2n) is 28.9. The largest absolute Gasteiger partial charge is 0.394 e. The minimum atomic E-state index is -2.72. The van der Waals surface area contributed by atoms with Gasteiger partial charge in [0.15, 0.2) is 56.6 Å². The van der Waals surface area contributed by atoms with Gasteiger partial charge in [-0.25, -0.2) is 0 Å². The predicted molar refractivity (Wildman–Crippen MR) is 355 cm³/mol. The van der Waals surface area contributed by atoms with Crippen LogP contribution in [0.3, 0.4) is 0 Å². The number of carbonyl (C=O) groups excluding carboxylic acids is 5. The lowest BCUT2D eigenvalue weighted by atomic mass is 9.93. The van der Waals surface area contributed by atoms with Gasteiger partial charge in [-0.3, -0.25) is 24.0 Å². The van der Waals surface area contributed by atoms with Crippen LogP contribution in [0.25, 0.3) is 0 Å². The first-order chi connectivity index (χ1) is 54.4. The van der Waals surface area contributed by atoms with Crippen molar-refractivity contribution >= 4 is 29.5 Å². The molecule has 115 heavy (non-hydrogen) atoms. The van der Waals surface area contributed by atoms with E-state index < -0.39 is 365 Å². The number of hydrogen-bond acceptors (Lipinski definition) is 46. The lowest BCUT2D eigenvalue weighted by Gasteiger charge is -2.52. The standard InChI is InChI=1S/C64H107N5O46/c1-15(78)65-29-41(90)49(25(11-75)100-56(29)98)109-59-32(68-18(4)81)42(91)51(27(13-77)106-59)111-62-48(97)53(113-64-55(46(95)38(87)24(10-74)105-64)115-60-33(69-19(5)82)43(92)50(26(12-76)107-60)110-61-47(96)44(93)36(85)22(8-72)103-61)52(112-57-30(66-16(2)79)39(88)34(83)20(6-70)101-57)28(108-62)14-99-63-54(45(94)37(86)23(9-73)104-63)114-58-31(67-17(3)80)40(89)35(84)21(7-71)102-58/h20-64,70-77,83-98H,6-14H2,1-5H3,(H,65,78)(H,66,79)(H,67,80)(H,68,81)(H,69,82)/t20-,21-,22-,23-,24-,25-,26-,27-,28-,29-,30-,31-,32-,33-,34-,35-,36+,37-,38-,39-,40-,41-,42-,43-,44+,45+,46+,47-,48+,49-,50-,51-,52-,53-,54+,55+,56-,57+,58+,59+,60?,61+,62+,63+,64-/m1/s1. The van der Waals surface area contributed by atoms with Crippen LogP contribution in [0.15, 0.2) is 0 Å². The average Bonchev–Trinajstić information content (AvgIpc) is 0.757. The van der Waals surface area contributed by atoms with Crippen molar-refractivity contribution in [3.63, 3.8) is 0 Å². The maximum atomic E-state index is 13.3. The average molecular weight is 1680 g/mol. The third kappa shape index (κ3) is 21.3. The molecular formula is C64H107N5O46. The zero-order chi connectivity index (χ0) is 84.8. The molecule has 9 saturated heterocycles. The molecule has 0 bridgehead atoms. The predicted octanol–water partition coefficient (Wildman–Crippen LogP) is -19.9. The van der Waals surface area contributed by atoms with Crippen LogP contribution >= 0.6 is 0 Å². The summed E-state index contributed by atoms with van der Waals surface area (Å²) in [4.78, 5) is 64.2. The molecule has 1 unspecified atom stereocenters. The van der Waals surface area contributed by atoms with Crippen LogP contribution in [0.4, 0.5) is 0 Å². The molecule has 0 spiro atoms. The molecule has 0 aromatic rings. The highest BCUT2D eigenvalue weighted by Gasteiger charge is 2.62. The van der Waals surface area contributed by atoms with Crippen molar-refractivity contribution in [1.29, 1.82) is 0 Å². The van der Waals surface area contributed by atoms with Crippen LogP contribution < -0.4 is 26.6 Å². The van der Waals surface area contributed by atoms with Gasteiger partial charge in [0.25, 0.3) is 0 Å². The summed E-state index contributed by atoms with van der Waals surface area (Å²) in [6, 6.07) is -9.49. The van der Waals surface area contributed by atoms with Crippen LogP contribution in [0.1, 0.15) is 34.6 Å². The fourth-order valence-corrected chi connectivity index (χ4v) is 14.9. The summed E-state index contributed by atoms with van der Waals surface area (Å²) in [5.41, 5.74) is 0. The molecular weight excluding hydrogens is 1570 g/mol. The van der Waals surface area contributed by atoms with Crippen molar-refractivity contribution in [1.82, 2.24) is 26.6 Å². The van der Waals surface area contributed by atoms with Gasteiger partial charge in [-0.2, -0.15) is 0 Å². The third-order valence-corrected chi connectivity index (χ3v) is 20.8. The Labute approximate surface area is 651 Å². The van der Waals surface area contributed by atoms with Gasteiger partial charge in [0.05, 0.1) is 59.5 Å². The number of aliphatic hydroxyl groups is 24. The van der Waals surface area contributed by atoms with Crippen molar-refractivity contribution in [2.45, 2.75) is 311 Å². The first kappa shape index (κ1) is 94.6. The Kier molecular flexibility index (Phi) is 34.1. The monoisotopic (exact) mass is 1680 g/mol. The second kappa shape index (κ2) is 41.5. The molecule has 9 fully saturated rings. The number of rotatable bonds is 30. The van der Waals surface area contributed by atoms with Crippen molar-refractivity contribution in [2.75, 3.05) is 59.5 Å². The molecule has 0 saturated carbocycles. The Hall–Kier alpha value is -4.29. The SMILES string of the molecule is CC(=O)N[C@@H]1[C@@H](O)[C@H](O[C@@H]2O[C@H](CO)[C@@H](O[C@@H]3O[C@H](CO[C@H]4O[C@H](CO)[C@@H](O)[C@H](O)[C@@H]4O[C@@H]4O[C@H](CO)[C@@H](O)[C@H](O)[C@H]4NC(C)=O)[C@@H](O[C@@H]4O[C@H](CO)[C@@H](O)[C@H](O)[C@H]4NC(C)=O)[C@H](O[C@H]4O[C@H](CO)[C@@H](O)[C@H](O)[C@@H]4OC4O[C@H](CO)[C@@H](O[C@@H]5O[C@H](CO)[C@H](O)[C@H](O)[C@H]5O)[C@H](O)[C@H]4NC(C)=O)[C@@H]3O)[C@H](O)[C@H]2NC(C)=O)[C@@H](CO)O[C@H]1O. The van der Waals surface area contributed by atoms with Gasteiger partial charge in [0.1, 0.15) is 219 Å². The zero-order valence-electron chi connectivity index (χ0n) is 62.1. The summed E-state index contributed by atoms with van der Waals surface area (Å²) in [6.07, 6.45) is -85.8. The molecule has 5 amide bonds. The van der Waals surface area contributed by atoms with Crippen LogP contribution in [0.5, 0.6) is 0 Å². The van der Waals surface area contributed by atoms with Crippen molar-refractivity contribution in [3.8, 4) is 0 Å². The van der Waals surface area contributed by atoms with Crippen LogP contribution in [-0.2, 0) is 104 Å². The van der Waals surface area contributed by atoms with Crippen LogP contribution in [0, 0.1) is 0 Å². The smallest absolute Gasteiger partial charge is 0.217 e. The number of amides is 5. The lowest BCUT2D eigenvalue weighted by Crippen LogP contribution is -2.71. The molecule has 9 aliphatic rings. The molecule has 51 heteroatoms. The number of carbonyl (C=O) groups is 5. The van der Waals surface area contributed by atoms with Gasteiger partial charge in [-0.05, 0) is 0 Å². The lowest BCUT2D eigenvalue weighted by molar-refractivity contribution is -0.408. The molecule has 45 atom stereocenters. The number of ether oxygens (including phenoxy) is 17. The van der Waals surface area contributed by atoms with E-state index in [1.54, 1.807) is 0 Å². The quantitative estimate of drug-likeness (QED) is 0.0318. The molecule has 51 nitrogen and oxygen atoms in total. The minimum Gasteiger partial charge on any atom is -0.394 e. The summed E-state index contributed by atoms with van der Waals surface area (Å²) < 4.78 is 103. The highest BCUT2D eigenvalue weighted by atomic mass is 16.8. The normalized spacial score (nSPS) is 47.9. The summed E-state index contributed by atoms with van der Waals surface area (Å²) in [5.74, 6) is -4.64. The van der Waals surface area contributed by atoms with Crippen molar-refractivity contribution < 1.29 is 227 Å². The second-order valence-corrected chi connectivity index (χ2v) is 28.9. The molecule has 0 aliphatic carbocycles. The van der Waals surface area contributed by atoms with E-state index in [1.165, 1.54) is 0 Å². The first-order valence-electron chi connectivity index (χ1n) is 36.6. The molecule has 0 aromatic carbocycles. The molecule has 664 valence electrons. The van der Waals surface area contributed by atoms with Crippen molar-refractivity contribution in [3.05, 3.63) is 0 Å². The highest BCUT2D eigenvalue weighted by Crippen LogP contribution is 2.41. The zero-order valence-corrected chi connectivity index (χ0v) is 62.1. The van der Waals surface area contributed by atoms with Crippen LogP contribution in [0.2, 0.25) is 0 Å². The van der Waals surface area contributed by atoms with Crippen LogP contribution in [-0.4, -0.2) is 488 Å². The van der Waals surface area contributed by atoms with Gasteiger partial charge in [-0.1, -0.05) is 0 Å². The van der Waals surface area contributed by atoms with E-state index in [-0.39, 0.29) is 0 Å². The molecule has 9 heterocycles. The fraction of sp³-hybridized carbons (Fsp3) is 0.922. The number of hydrogen-bond donors (Lipinski definition) is 29. The van der Waals surface area contributed by atoms with E-state index in [0.717, 1.165) is 34.6 Å². The van der Waals surface area contributed by atoms with Gasteiger partial charge >= 0.3 is 0 Å². The third-order valence-electron chi connectivity index (χ3n) is 20.8. The number of nitrogens with one attached hydrogen (secondary N) is 5. The van der Waals surface area contributed by atoms with Crippen molar-refractivity contribution in [2.24, 2.45) is 0 Å². The Morgan fingerprint density at radius 3 is 0.861 bits per heavy atom. The summed E-state index contributed by atoms with van der Waals surface area (Å²) in [6.45, 7) is -5.57. The summed E-state index contributed by atoms with van der Waals surface area (Å²) in [5, 5.41) is 281. The van der Waals surface area contributed by atoms with E-state index in [0.29, 0.717) is 0 Å². The van der Waals surface area contributed by atoms with E-state index >= 15 is 0 Å². The Bertz CT molecular complexity index is 3100. The Morgan fingerprint density at radius 2 is 0.478 bits per heavy atom. The van der Waals surface area contributed by atoms with E-state index in [9.17, 15) is 147 Å². The molecule has 0 radical (unpaired) electrons. The summed E-state index contributed by atoms with van der Waals surface area (Å²) >= 11 is 0. The van der Waals surface area contributed by atoms with E-state index in [1.807, 2.05) is 0 Å². The van der Waals surface area contributed by atoms with Gasteiger partial charge in [-0.15, -0.1) is 0 Å². The van der Waals surface area contributed by atoms with Gasteiger partial charge in [0.2, 0.25) is 29.5 Å². The van der Waals surface area contributed by atoms with E-state index in [2.05, 4.69) is 26.6 Å². The minimum absolute atomic E-state index is 0.806. The number of aliphatic hydroxyl groups excluding tert-OH is 24. The first-order valence-corrected chi connectivity index (χ1v) is 36.6. The Balaban J connectivity index is 1.17. The van der Waals surface area contributed by atoms with E-state index in [4.69, 9.17) is 80.5 Å². The Morgan fingerprint density at radius 1 is 0.226 bits per heavy atom. The topological polar surface area (TPSA) is 788 Å². The molecule has 9 aliphatic heterocycles. The molecule has 29 N–H and O–H groups in total. The molecule has 0 aromatic heterocycles. The molecule has 9 rings (SSSR count). The van der Waals surface area contributed by atoms with Gasteiger partial charge < -0.3 is 230 Å². The maximum absolute atomic E-state index is 13.3.